The molecular formula is C17H25N3O5S. The number of fused-ring (bicyclic) bond motifs is 5. The van der Waals surface area contributed by atoms with Crippen LogP contribution in [0.25, 0.3) is 0 Å². The monoisotopic (exact) mass is 383 g/mol. The van der Waals surface area contributed by atoms with Crippen LogP contribution in [0.5, 0.6) is 0 Å². The second-order valence-corrected chi connectivity index (χ2v) is 9.76. The number of morpholine rings is 1. The van der Waals surface area contributed by atoms with Crippen molar-refractivity contribution in [2.75, 3.05) is 46.8 Å². The van der Waals surface area contributed by atoms with E-state index in [4.69, 9.17) is 9.15 Å². The molecule has 0 spiro atoms. The molecule has 0 aromatic carbocycles. The third-order valence-corrected chi connectivity index (χ3v) is 7.96. The lowest BCUT2D eigenvalue weighted by molar-refractivity contribution is -0.0407. The topological polar surface area (TPSA) is 83.3 Å². The van der Waals surface area contributed by atoms with Crippen LogP contribution in [-0.2, 0) is 14.8 Å². The van der Waals surface area contributed by atoms with E-state index in [2.05, 4.69) is 0 Å². The molecule has 3 aliphatic rings. The normalized spacial score (nSPS) is 33.0. The van der Waals surface area contributed by atoms with Gasteiger partial charge in [-0.15, -0.1) is 0 Å². The SMILES string of the molecule is Cc1ccc(C(=O)N2CC3OC(C2)C2C3CN(CCN(C)C)S2(=O)=O)o1. The van der Waals surface area contributed by atoms with Crippen LogP contribution in [0.3, 0.4) is 0 Å². The van der Waals surface area contributed by atoms with Gasteiger partial charge in [0.05, 0.1) is 12.2 Å². The van der Waals surface area contributed by atoms with Crippen molar-refractivity contribution >= 4 is 15.9 Å². The Morgan fingerprint density at radius 3 is 2.62 bits per heavy atom. The first-order valence-corrected chi connectivity index (χ1v) is 10.4. The number of nitrogens with zero attached hydrogens (tertiary/aromatic N) is 3. The van der Waals surface area contributed by atoms with E-state index in [0.717, 1.165) is 0 Å². The van der Waals surface area contributed by atoms with Gasteiger partial charge in [0, 0.05) is 38.6 Å². The predicted molar refractivity (Wildman–Crippen MR) is 94.3 cm³/mol. The van der Waals surface area contributed by atoms with Crippen LogP contribution < -0.4 is 0 Å². The van der Waals surface area contributed by atoms with E-state index >= 15 is 0 Å². The van der Waals surface area contributed by atoms with Crippen LogP contribution >= 0.6 is 0 Å². The van der Waals surface area contributed by atoms with Crippen LogP contribution in [0.4, 0.5) is 0 Å². The number of ether oxygens (including phenoxy) is 1. The smallest absolute Gasteiger partial charge is 0.289 e. The Balaban J connectivity index is 1.51. The maximum absolute atomic E-state index is 13.0. The number of furan rings is 1. The average molecular weight is 383 g/mol. The lowest BCUT2D eigenvalue weighted by Gasteiger charge is -2.34. The molecule has 1 aromatic heterocycles. The highest BCUT2D eigenvalue weighted by atomic mass is 32.2. The number of hydrogen-bond acceptors (Lipinski definition) is 6. The summed E-state index contributed by atoms with van der Waals surface area (Å²) < 4.78 is 39.0. The number of likely N-dealkylation sites (tertiary alicyclic amines) is 1. The number of hydrogen-bond donors (Lipinski definition) is 0. The molecule has 3 saturated heterocycles. The van der Waals surface area contributed by atoms with Crippen molar-refractivity contribution in [3.63, 3.8) is 0 Å². The maximum Gasteiger partial charge on any atom is 0.289 e. The summed E-state index contributed by atoms with van der Waals surface area (Å²) in [6.45, 7) is 4.15. The van der Waals surface area contributed by atoms with Gasteiger partial charge in [0.1, 0.15) is 11.0 Å². The molecular weight excluding hydrogens is 358 g/mol. The highest BCUT2D eigenvalue weighted by Gasteiger charge is 2.61. The summed E-state index contributed by atoms with van der Waals surface area (Å²) >= 11 is 0. The summed E-state index contributed by atoms with van der Waals surface area (Å²) in [5, 5.41) is -0.550. The number of amides is 1. The first kappa shape index (κ1) is 18.0. The zero-order valence-corrected chi connectivity index (χ0v) is 16.1. The quantitative estimate of drug-likeness (QED) is 0.728. The molecule has 9 heteroatoms. The van der Waals surface area contributed by atoms with Gasteiger partial charge in [-0.2, -0.15) is 4.31 Å². The van der Waals surface area contributed by atoms with Crippen LogP contribution in [0.2, 0.25) is 0 Å². The van der Waals surface area contributed by atoms with E-state index in [0.29, 0.717) is 37.7 Å². The van der Waals surface area contributed by atoms with E-state index in [9.17, 15) is 13.2 Å². The number of carbonyl (C=O) groups excluding carboxylic acids is 1. The largest absolute Gasteiger partial charge is 0.456 e. The third kappa shape index (κ3) is 2.87. The minimum Gasteiger partial charge on any atom is -0.456 e. The summed E-state index contributed by atoms with van der Waals surface area (Å²) in [5.74, 6) is 0.700. The third-order valence-electron chi connectivity index (χ3n) is 5.57. The van der Waals surface area contributed by atoms with Crippen molar-refractivity contribution in [2.24, 2.45) is 5.92 Å². The molecule has 8 nitrogen and oxygen atoms in total. The van der Waals surface area contributed by atoms with Crippen LogP contribution in [-0.4, -0.2) is 92.7 Å². The lowest BCUT2D eigenvalue weighted by Crippen LogP contribution is -2.50. The Morgan fingerprint density at radius 2 is 1.96 bits per heavy atom. The molecule has 3 fully saturated rings. The van der Waals surface area contributed by atoms with Crippen LogP contribution in [0, 0.1) is 12.8 Å². The maximum atomic E-state index is 13.0. The molecule has 4 rings (SSSR count). The fraction of sp³-hybridized carbons (Fsp3) is 0.706. The van der Waals surface area contributed by atoms with Crippen molar-refractivity contribution in [3.8, 4) is 0 Å². The first-order chi connectivity index (χ1) is 12.3. The number of likely N-dealkylation sites (N-methyl/N-ethyl adjacent to an activating group) is 1. The standard InChI is InChI=1S/C17H25N3O5S/c1-11-4-5-13(24-11)17(21)19-9-14-12-8-20(7-6-18(2)3)26(22,23)16(12)15(10-19)25-14/h4-5,12,14-16H,6-10H2,1-3H3. The molecule has 0 N–H and O–H groups in total. The molecule has 2 bridgehead atoms. The van der Waals surface area contributed by atoms with Gasteiger partial charge in [-0.1, -0.05) is 0 Å². The van der Waals surface area contributed by atoms with Crippen molar-refractivity contribution in [1.29, 1.82) is 0 Å². The molecule has 4 heterocycles. The van der Waals surface area contributed by atoms with E-state index in [1.807, 2.05) is 19.0 Å². The average Bonchev–Trinajstić information content (AvgIpc) is 3.19. The number of rotatable bonds is 4. The summed E-state index contributed by atoms with van der Waals surface area (Å²) in [5.41, 5.74) is 0. The van der Waals surface area contributed by atoms with Crippen LogP contribution in [0.1, 0.15) is 16.3 Å². The molecule has 0 saturated carbocycles. The fourth-order valence-electron chi connectivity index (χ4n) is 4.27. The Kier molecular flexibility index (Phi) is 4.37. The molecule has 3 aliphatic heterocycles. The molecule has 26 heavy (non-hydrogen) atoms. The number of carbonyl (C=O) groups is 1. The summed E-state index contributed by atoms with van der Waals surface area (Å²) in [4.78, 5) is 16.3. The fourth-order valence-corrected chi connectivity index (χ4v) is 6.57. The Hall–Kier alpha value is -1.42. The zero-order chi connectivity index (χ0) is 18.6. The second kappa shape index (κ2) is 6.33. The van der Waals surface area contributed by atoms with Crippen molar-refractivity contribution in [3.05, 3.63) is 23.7 Å². The van der Waals surface area contributed by atoms with Gasteiger partial charge in [-0.3, -0.25) is 4.79 Å². The second-order valence-electron chi connectivity index (χ2n) is 7.67. The Morgan fingerprint density at radius 1 is 1.23 bits per heavy atom. The van der Waals surface area contributed by atoms with Gasteiger partial charge in [0.25, 0.3) is 5.91 Å². The highest BCUT2D eigenvalue weighted by Crippen LogP contribution is 2.43. The Bertz CT molecular complexity index is 805. The van der Waals surface area contributed by atoms with Crippen molar-refractivity contribution < 1.29 is 22.4 Å². The minimum absolute atomic E-state index is 0.0803. The van der Waals surface area contributed by atoms with Gasteiger partial charge < -0.3 is 19.0 Å². The molecule has 0 radical (unpaired) electrons. The number of aryl methyl sites for hydroxylation is 1. The van der Waals surface area contributed by atoms with Crippen LogP contribution in [0.15, 0.2) is 16.5 Å². The molecule has 4 atom stereocenters. The van der Waals surface area contributed by atoms with Gasteiger partial charge in [-0.25, -0.2) is 8.42 Å². The molecule has 0 aliphatic carbocycles. The van der Waals surface area contributed by atoms with E-state index in [1.165, 1.54) is 0 Å². The first-order valence-electron chi connectivity index (χ1n) is 8.92. The summed E-state index contributed by atoms with van der Waals surface area (Å²) in [7, 11) is 0.460. The van der Waals surface area contributed by atoms with Gasteiger partial charge in [0.15, 0.2) is 5.76 Å². The molecule has 4 unspecified atom stereocenters. The van der Waals surface area contributed by atoms with Gasteiger partial charge in [0.2, 0.25) is 10.0 Å². The Labute approximate surface area is 153 Å². The van der Waals surface area contributed by atoms with Crippen molar-refractivity contribution in [2.45, 2.75) is 24.4 Å². The van der Waals surface area contributed by atoms with E-state index in [-0.39, 0.29) is 24.5 Å². The van der Waals surface area contributed by atoms with Gasteiger partial charge in [-0.05, 0) is 33.2 Å². The van der Waals surface area contributed by atoms with E-state index in [1.54, 1.807) is 28.3 Å². The molecule has 144 valence electrons. The molecule has 1 aromatic rings. The highest BCUT2D eigenvalue weighted by molar-refractivity contribution is 7.90. The number of sulfonamides is 1. The predicted octanol–water partition coefficient (Wildman–Crippen LogP) is 0.00302. The van der Waals surface area contributed by atoms with Gasteiger partial charge >= 0.3 is 0 Å². The minimum atomic E-state index is -3.40. The van der Waals surface area contributed by atoms with Crippen molar-refractivity contribution in [1.82, 2.24) is 14.1 Å². The summed E-state index contributed by atoms with van der Waals surface area (Å²) in [6.07, 6.45) is -0.703. The zero-order valence-electron chi connectivity index (χ0n) is 15.3. The summed E-state index contributed by atoms with van der Waals surface area (Å²) in [6, 6.07) is 3.42. The lowest BCUT2D eigenvalue weighted by atomic mass is 10.00. The molecule has 1 amide bonds. The van der Waals surface area contributed by atoms with E-state index < -0.39 is 21.4 Å².